The van der Waals surface area contributed by atoms with E-state index in [-0.39, 0.29) is 16.5 Å². The molecule has 0 spiro atoms. The molecule has 3 aliphatic rings. The van der Waals surface area contributed by atoms with Gasteiger partial charge >= 0.3 is 0 Å². The molecule has 2 atom stereocenters. The number of hydrogen-bond acceptors (Lipinski definition) is 5. The number of anilines is 1. The van der Waals surface area contributed by atoms with E-state index in [1.54, 1.807) is 0 Å². The van der Waals surface area contributed by atoms with Crippen LogP contribution in [0.1, 0.15) is 47.3 Å². The largest absolute Gasteiger partial charge is 0.352 e. The van der Waals surface area contributed by atoms with Crippen LogP contribution in [0.5, 0.6) is 0 Å². The minimum Gasteiger partial charge on any atom is -0.352 e. The Labute approximate surface area is 167 Å². The summed E-state index contributed by atoms with van der Waals surface area (Å²) in [7, 11) is 0. The molecule has 0 bridgehead atoms. The van der Waals surface area contributed by atoms with E-state index in [9.17, 15) is 4.79 Å². The van der Waals surface area contributed by atoms with Crippen molar-refractivity contribution in [3.05, 3.63) is 44.9 Å². The maximum absolute atomic E-state index is 12.6. The summed E-state index contributed by atoms with van der Waals surface area (Å²) in [4.78, 5) is 19.5. The van der Waals surface area contributed by atoms with E-state index >= 15 is 0 Å². The van der Waals surface area contributed by atoms with Crippen LogP contribution in [0, 0.1) is 22.7 Å². The molecule has 138 valence electrons. The van der Waals surface area contributed by atoms with Crippen molar-refractivity contribution in [3.63, 3.8) is 0 Å². The van der Waals surface area contributed by atoms with Crippen LogP contribution in [-0.4, -0.2) is 10.9 Å². The highest BCUT2D eigenvalue weighted by atomic mass is 35.5. The molecule has 0 saturated heterocycles. The normalized spacial score (nSPS) is 25.0. The molecule has 2 fully saturated rings. The van der Waals surface area contributed by atoms with Gasteiger partial charge in [-0.05, 0) is 41.9 Å². The number of rotatable bonds is 4. The molecular weight excluding hydrogens is 380 g/mol. The number of fused-ring (bicyclic) bond motifs is 2. The molecule has 1 aromatic carbocycles. The van der Waals surface area contributed by atoms with E-state index in [4.69, 9.17) is 16.9 Å². The van der Waals surface area contributed by atoms with Gasteiger partial charge in [-0.1, -0.05) is 47.6 Å². The minimum absolute atomic E-state index is 0.0317. The van der Waals surface area contributed by atoms with E-state index in [2.05, 4.69) is 39.5 Å². The lowest BCUT2D eigenvalue weighted by Crippen LogP contribution is -2.31. The third-order valence-electron chi connectivity index (χ3n) is 6.25. The molecule has 7 heteroatoms. The maximum Gasteiger partial charge on any atom is 0.226 e. The highest BCUT2D eigenvalue weighted by Gasteiger charge is 2.61. The summed E-state index contributed by atoms with van der Waals surface area (Å²) in [5, 5.41) is 13.3. The van der Waals surface area contributed by atoms with Crippen LogP contribution in [0.25, 0.3) is 0 Å². The number of nitrogens with one attached hydrogen (secondary N) is 1. The molecule has 2 saturated carbocycles. The van der Waals surface area contributed by atoms with Crippen LogP contribution in [-0.2, 0) is 24.4 Å². The lowest BCUT2D eigenvalue weighted by atomic mass is 10.0. The fourth-order valence-electron chi connectivity index (χ4n) is 4.67. The molecule has 1 N–H and O–H groups in total. The second-order valence-corrected chi connectivity index (χ2v) is 9.15. The quantitative estimate of drug-likeness (QED) is 0.845. The summed E-state index contributed by atoms with van der Waals surface area (Å²) in [6.07, 6.45) is 4.56. The zero-order valence-electron chi connectivity index (χ0n) is 14.8. The van der Waals surface area contributed by atoms with Crippen molar-refractivity contribution in [2.75, 3.05) is 4.90 Å². The first-order valence-electron chi connectivity index (χ1n) is 9.29. The van der Waals surface area contributed by atoms with Gasteiger partial charge in [0.1, 0.15) is 10.9 Å². The Hall–Kier alpha value is -2.10. The van der Waals surface area contributed by atoms with E-state index in [0.717, 1.165) is 36.6 Å². The monoisotopic (exact) mass is 398 g/mol. The van der Waals surface area contributed by atoms with Gasteiger partial charge in [0.15, 0.2) is 10.3 Å². The SMILES string of the molecule is N#Cc1sc(N2Cc3ccc(CNC(=O)[C@@]45CCC[C@@H]4C5)cc3C2)nc1Cl. The third kappa shape index (κ3) is 2.81. The molecule has 27 heavy (non-hydrogen) atoms. The predicted octanol–water partition coefficient (Wildman–Crippen LogP) is 3.99. The van der Waals surface area contributed by atoms with E-state index in [1.807, 2.05) is 0 Å². The minimum atomic E-state index is -0.0317. The fraction of sp³-hybridized carbons (Fsp3) is 0.450. The zero-order valence-corrected chi connectivity index (χ0v) is 16.4. The fourth-order valence-corrected chi connectivity index (χ4v) is 5.71. The summed E-state index contributed by atoms with van der Waals surface area (Å²) >= 11 is 7.34. The standard InChI is InChI=1S/C20H19ClN4OS/c21-17-16(8-22)27-19(24-17)25-10-13-4-3-12(6-14(13)11-25)9-23-18(26)20-5-1-2-15(20)7-20/h3-4,6,15H,1-2,5,7,9-11H2,(H,23,26)/t15-,20-/m1/s1. The summed E-state index contributed by atoms with van der Waals surface area (Å²) in [6, 6.07) is 8.48. The molecule has 0 radical (unpaired) electrons. The van der Waals surface area contributed by atoms with Gasteiger partial charge in [0.25, 0.3) is 0 Å². The lowest BCUT2D eigenvalue weighted by molar-refractivity contribution is -0.126. The van der Waals surface area contributed by atoms with Crippen molar-refractivity contribution in [2.45, 2.75) is 45.3 Å². The number of hydrogen-bond donors (Lipinski definition) is 1. The molecule has 0 unspecified atom stereocenters. The van der Waals surface area contributed by atoms with E-state index in [1.165, 1.54) is 35.3 Å². The van der Waals surface area contributed by atoms with Crippen molar-refractivity contribution < 1.29 is 4.79 Å². The van der Waals surface area contributed by atoms with Gasteiger partial charge in [0.05, 0.1) is 5.41 Å². The Morgan fingerprint density at radius 3 is 3.00 bits per heavy atom. The number of carbonyl (C=O) groups is 1. The first kappa shape index (κ1) is 17.0. The van der Waals surface area contributed by atoms with Crippen molar-refractivity contribution in [3.8, 4) is 6.07 Å². The summed E-state index contributed by atoms with van der Waals surface area (Å²) in [5.41, 5.74) is 3.60. The van der Waals surface area contributed by atoms with Crippen LogP contribution in [0.4, 0.5) is 5.13 Å². The molecule has 2 heterocycles. The van der Waals surface area contributed by atoms with Gasteiger partial charge in [-0.3, -0.25) is 4.79 Å². The molecule has 2 aromatic rings. The Morgan fingerprint density at radius 2 is 2.30 bits per heavy atom. The number of halogens is 1. The Morgan fingerprint density at radius 1 is 1.44 bits per heavy atom. The number of benzene rings is 1. The van der Waals surface area contributed by atoms with Gasteiger partial charge in [-0.25, -0.2) is 4.98 Å². The van der Waals surface area contributed by atoms with Gasteiger partial charge < -0.3 is 10.2 Å². The van der Waals surface area contributed by atoms with Crippen LogP contribution in [0.15, 0.2) is 18.2 Å². The average molecular weight is 399 g/mol. The molecule has 2 aliphatic carbocycles. The molecule has 1 aliphatic heterocycles. The molecule has 1 aromatic heterocycles. The number of carbonyl (C=O) groups excluding carboxylic acids is 1. The average Bonchev–Trinajstić information content (AvgIpc) is 3.03. The number of nitrogens with zero attached hydrogens (tertiary/aromatic N) is 3. The summed E-state index contributed by atoms with van der Waals surface area (Å²) in [6.45, 7) is 2.10. The predicted molar refractivity (Wildman–Crippen MR) is 104 cm³/mol. The Balaban J connectivity index is 1.25. The zero-order chi connectivity index (χ0) is 18.6. The molecule has 5 rings (SSSR count). The third-order valence-corrected chi connectivity index (χ3v) is 7.66. The highest BCUT2D eigenvalue weighted by molar-refractivity contribution is 7.16. The van der Waals surface area contributed by atoms with Gasteiger partial charge in [0, 0.05) is 19.6 Å². The Bertz CT molecular complexity index is 981. The van der Waals surface area contributed by atoms with Gasteiger partial charge in [-0.2, -0.15) is 5.26 Å². The van der Waals surface area contributed by atoms with Crippen LogP contribution < -0.4 is 10.2 Å². The number of thiazole rings is 1. The number of nitriles is 1. The second kappa shape index (κ2) is 6.22. The first-order chi connectivity index (χ1) is 13.1. The van der Waals surface area contributed by atoms with Crippen LogP contribution >= 0.6 is 22.9 Å². The molecule has 5 nitrogen and oxygen atoms in total. The summed E-state index contributed by atoms with van der Waals surface area (Å²) < 4.78 is 0. The number of aromatic nitrogens is 1. The topological polar surface area (TPSA) is 69.0 Å². The lowest BCUT2D eigenvalue weighted by Gasteiger charge is -2.13. The Kier molecular flexibility index (Phi) is 3.92. The van der Waals surface area contributed by atoms with Crippen LogP contribution in [0.2, 0.25) is 5.15 Å². The van der Waals surface area contributed by atoms with Gasteiger partial charge in [0.2, 0.25) is 5.91 Å². The highest BCUT2D eigenvalue weighted by Crippen LogP contribution is 2.63. The van der Waals surface area contributed by atoms with Crippen molar-refractivity contribution in [1.82, 2.24) is 10.3 Å². The van der Waals surface area contributed by atoms with Crippen LogP contribution in [0.3, 0.4) is 0 Å². The van der Waals surface area contributed by atoms with E-state index < -0.39 is 0 Å². The van der Waals surface area contributed by atoms with E-state index in [0.29, 0.717) is 17.3 Å². The summed E-state index contributed by atoms with van der Waals surface area (Å²) in [5.74, 6) is 0.878. The maximum atomic E-state index is 12.6. The second-order valence-electron chi connectivity index (χ2n) is 7.82. The first-order valence-corrected chi connectivity index (χ1v) is 10.5. The molecular formula is C20H19ClN4OS. The van der Waals surface area contributed by atoms with Gasteiger partial charge in [-0.15, -0.1) is 0 Å². The van der Waals surface area contributed by atoms with Crippen molar-refractivity contribution in [1.29, 1.82) is 5.26 Å². The van der Waals surface area contributed by atoms with Crippen molar-refractivity contribution in [2.24, 2.45) is 11.3 Å². The number of amides is 1. The smallest absolute Gasteiger partial charge is 0.226 e. The molecule has 1 amide bonds. The van der Waals surface area contributed by atoms with Crippen molar-refractivity contribution >= 4 is 34.0 Å².